The van der Waals surface area contributed by atoms with Crippen LogP contribution in [0, 0.1) is 0 Å². The quantitative estimate of drug-likeness (QED) is 0.668. The van der Waals surface area contributed by atoms with E-state index in [0.29, 0.717) is 12.1 Å². The Morgan fingerprint density at radius 2 is 1.84 bits per heavy atom. The van der Waals surface area contributed by atoms with Crippen molar-refractivity contribution in [3.05, 3.63) is 34.9 Å². The molecule has 1 aromatic rings. The average molecular weight is 275 g/mol. The number of fused-ring (bicyclic) bond motifs is 2. The van der Waals surface area contributed by atoms with Gasteiger partial charge in [0.2, 0.25) is 0 Å². The highest BCUT2D eigenvalue weighted by Gasteiger charge is 2.73. The van der Waals surface area contributed by atoms with Crippen molar-refractivity contribution in [3.63, 3.8) is 0 Å². The lowest BCUT2D eigenvalue weighted by molar-refractivity contribution is -0.137. The fourth-order valence-corrected chi connectivity index (χ4v) is 2.32. The monoisotopic (exact) mass is 275 g/mol. The van der Waals surface area contributed by atoms with Crippen molar-refractivity contribution in [1.29, 1.82) is 0 Å². The van der Waals surface area contributed by atoms with Crippen molar-refractivity contribution >= 4 is 12.1 Å². The largest absolute Gasteiger partial charge is 0.416 e. The van der Waals surface area contributed by atoms with E-state index in [0.717, 1.165) is 12.3 Å². The lowest BCUT2D eigenvalue weighted by Crippen LogP contribution is -2.26. The van der Waals surface area contributed by atoms with Crippen LogP contribution in [0.15, 0.2) is 23.2 Å². The van der Waals surface area contributed by atoms with Crippen LogP contribution in [-0.2, 0) is 11.6 Å². The van der Waals surface area contributed by atoms with Crippen molar-refractivity contribution in [2.45, 2.75) is 23.9 Å². The minimum atomic E-state index is -4.64. The molecule has 2 aliphatic rings. The van der Waals surface area contributed by atoms with E-state index < -0.39 is 35.4 Å². The van der Waals surface area contributed by atoms with Gasteiger partial charge in [0.25, 0.3) is 11.8 Å². The maximum atomic E-state index is 13.4. The molecule has 100 valence electrons. The van der Waals surface area contributed by atoms with E-state index in [1.54, 1.807) is 0 Å². The van der Waals surface area contributed by atoms with Gasteiger partial charge < -0.3 is 0 Å². The second kappa shape index (κ2) is 3.20. The van der Waals surface area contributed by atoms with Crippen molar-refractivity contribution in [2.24, 2.45) is 4.99 Å². The lowest BCUT2D eigenvalue weighted by atomic mass is 9.87. The van der Waals surface area contributed by atoms with E-state index in [4.69, 9.17) is 0 Å². The van der Waals surface area contributed by atoms with Gasteiger partial charge in [-0.3, -0.25) is 4.79 Å². The van der Waals surface area contributed by atoms with Gasteiger partial charge in [0, 0.05) is 18.2 Å². The number of benzene rings is 1. The summed E-state index contributed by atoms with van der Waals surface area (Å²) < 4.78 is 64.7. The molecule has 0 N–H and O–H groups in total. The minimum absolute atomic E-state index is 0.187. The summed E-state index contributed by atoms with van der Waals surface area (Å²) in [4.78, 5) is 14.8. The van der Waals surface area contributed by atoms with Gasteiger partial charge in [0.1, 0.15) is 5.41 Å². The third kappa shape index (κ3) is 1.53. The second-order valence-electron chi connectivity index (χ2n) is 4.67. The number of carbonyl (C=O) groups excluding carboxylic acids is 1. The molecule has 19 heavy (non-hydrogen) atoms. The molecule has 0 saturated heterocycles. The number of halogens is 5. The highest BCUT2D eigenvalue weighted by atomic mass is 19.4. The molecule has 0 bridgehead atoms. The molecule has 1 amide bonds. The van der Waals surface area contributed by atoms with Crippen LogP contribution in [0.3, 0.4) is 0 Å². The van der Waals surface area contributed by atoms with Crippen molar-refractivity contribution in [3.8, 4) is 0 Å². The summed E-state index contributed by atoms with van der Waals surface area (Å²) >= 11 is 0. The zero-order chi connectivity index (χ0) is 14.1. The SMILES string of the molecule is O=C1N=CC2(CC2(F)F)c2cc(C(F)(F)F)ccc21. The van der Waals surface area contributed by atoms with Crippen LogP contribution < -0.4 is 0 Å². The topological polar surface area (TPSA) is 29.4 Å². The molecular formula is C12H6F5NO. The number of aliphatic imine (C=N–C) groups is 1. The summed E-state index contributed by atoms with van der Waals surface area (Å²) in [6.07, 6.45) is -4.49. The summed E-state index contributed by atoms with van der Waals surface area (Å²) in [7, 11) is 0. The van der Waals surface area contributed by atoms with E-state index in [2.05, 4.69) is 4.99 Å². The predicted octanol–water partition coefficient (Wildman–Crippen LogP) is 3.21. The number of hydrogen-bond donors (Lipinski definition) is 0. The number of rotatable bonds is 0. The number of carbonyl (C=O) groups is 1. The van der Waals surface area contributed by atoms with Crippen LogP contribution in [-0.4, -0.2) is 18.0 Å². The first-order valence-corrected chi connectivity index (χ1v) is 5.36. The maximum Gasteiger partial charge on any atom is 0.416 e. The highest BCUT2D eigenvalue weighted by molar-refractivity contribution is 6.07. The molecule has 1 heterocycles. The third-order valence-corrected chi connectivity index (χ3v) is 3.49. The van der Waals surface area contributed by atoms with Crippen molar-refractivity contribution in [2.75, 3.05) is 0 Å². The van der Waals surface area contributed by atoms with Gasteiger partial charge in [0.05, 0.1) is 5.56 Å². The Bertz CT molecular complexity index is 619. The van der Waals surface area contributed by atoms with Crippen LogP contribution in [0.5, 0.6) is 0 Å². The molecular weight excluding hydrogens is 269 g/mol. The second-order valence-corrected chi connectivity index (χ2v) is 4.67. The molecule has 1 saturated carbocycles. The van der Waals surface area contributed by atoms with Gasteiger partial charge in [-0.1, -0.05) is 0 Å². The molecule has 1 unspecified atom stereocenters. The Kier molecular flexibility index (Phi) is 2.07. The smallest absolute Gasteiger partial charge is 0.267 e. The summed E-state index contributed by atoms with van der Waals surface area (Å²) in [6, 6.07) is 2.23. The lowest BCUT2D eigenvalue weighted by Gasteiger charge is -2.20. The standard InChI is InChI=1S/C12H6F5NO/c13-11(14)4-10(11)5-18-9(19)7-2-1-6(3-8(7)10)12(15,16)17/h1-3,5H,4H2. The first-order valence-electron chi connectivity index (χ1n) is 5.36. The molecule has 1 aliphatic carbocycles. The molecule has 1 fully saturated rings. The van der Waals surface area contributed by atoms with Crippen LogP contribution >= 0.6 is 0 Å². The molecule has 0 radical (unpaired) electrons. The van der Waals surface area contributed by atoms with Gasteiger partial charge in [-0.05, 0) is 23.8 Å². The van der Waals surface area contributed by atoms with E-state index >= 15 is 0 Å². The third-order valence-electron chi connectivity index (χ3n) is 3.49. The number of nitrogens with zero attached hydrogens (tertiary/aromatic N) is 1. The molecule has 3 rings (SSSR count). The van der Waals surface area contributed by atoms with Crippen LogP contribution in [0.2, 0.25) is 0 Å². The Morgan fingerprint density at radius 1 is 1.21 bits per heavy atom. The van der Waals surface area contributed by atoms with Gasteiger partial charge in [-0.25, -0.2) is 13.8 Å². The fourth-order valence-electron chi connectivity index (χ4n) is 2.32. The van der Waals surface area contributed by atoms with Crippen LogP contribution in [0.1, 0.15) is 27.9 Å². The Hall–Kier alpha value is -1.79. The summed E-state index contributed by atoms with van der Waals surface area (Å²) in [5.74, 6) is -3.95. The molecule has 7 heteroatoms. The summed E-state index contributed by atoms with van der Waals surface area (Å²) in [5.41, 5.74) is -3.37. The number of alkyl halides is 5. The fraction of sp³-hybridized carbons (Fsp3) is 0.333. The van der Waals surface area contributed by atoms with Crippen molar-refractivity contribution < 1.29 is 26.7 Å². The first-order chi connectivity index (χ1) is 8.67. The molecule has 1 aromatic carbocycles. The molecule has 0 aromatic heterocycles. The maximum absolute atomic E-state index is 13.4. The van der Waals surface area contributed by atoms with Crippen molar-refractivity contribution in [1.82, 2.24) is 0 Å². The first kappa shape index (κ1) is 12.3. The van der Waals surface area contributed by atoms with Gasteiger partial charge >= 0.3 is 6.18 Å². The minimum Gasteiger partial charge on any atom is -0.267 e. The van der Waals surface area contributed by atoms with Gasteiger partial charge in [0.15, 0.2) is 0 Å². The zero-order valence-electron chi connectivity index (χ0n) is 9.26. The van der Waals surface area contributed by atoms with Crippen LogP contribution in [0.4, 0.5) is 22.0 Å². The van der Waals surface area contributed by atoms with Gasteiger partial charge in [-0.15, -0.1) is 0 Å². The van der Waals surface area contributed by atoms with E-state index in [1.807, 2.05) is 0 Å². The Labute approximate surface area is 103 Å². The Balaban J connectivity index is 2.21. The molecule has 1 spiro atoms. The number of amides is 1. The average Bonchev–Trinajstić information content (AvgIpc) is 2.86. The summed E-state index contributed by atoms with van der Waals surface area (Å²) in [6.45, 7) is 0. The van der Waals surface area contributed by atoms with E-state index in [9.17, 15) is 26.7 Å². The highest BCUT2D eigenvalue weighted by Crippen LogP contribution is 2.62. The zero-order valence-corrected chi connectivity index (χ0v) is 9.26. The van der Waals surface area contributed by atoms with Gasteiger partial charge in [-0.2, -0.15) is 13.2 Å². The molecule has 2 nitrogen and oxygen atoms in total. The number of hydrogen-bond acceptors (Lipinski definition) is 1. The van der Waals surface area contributed by atoms with E-state index in [1.165, 1.54) is 0 Å². The normalized spacial score (nSPS) is 27.5. The Morgan fingerprint density at radius 3 is 2.37 bits per heavy atom. The predicted molar refractivity (Wildman–Crippen MR) is 55.5 cm³/mol. The molecule has 1 aliphatic heterocycles. The molecule has 1 atom stereocenters. The summed E-state index contributed by atoms with van der Waals surface area (Å²) in [5, 5.41) is 0. The van der Waals surface area contributed by atoms with Crippen LogP contribution in [0.25, 0.3) is 0 Å². The van der Waals surface area contributed by atoms with E-state index in [-0.39, 0.29) is 11.1 Å².